The fraction of sp³-hybridized carbons (Fsp3) is 0.350. The van der Waals surface area contributed by atoms with E-state index < -0.39 is 0 Å². The molecule has 6 nitrogen and oxygen atoms in total. The highest BCUT2D eigenvalue weighted by atomic mass is 32.2. The first kappa shape index (κ1) is 22.0. The summed E-state index contributed by atoms with van der Waals surface area (Å²) in [6, 6.07) is 13.5. The molecule has 0 atom stereocenters. The number of rotatable bonds is 5. The Balaban J connectivity index is 0.00000140. The van der Waals surface area contributed by atoms with Gasteiger partial charge in [-0.05, 0) is 48.2 Å². The largest absolute Gasteiger partial charge is 0.461 e. The van der Waals surface area contributed by atoms with Crippen molar-refractivity contribution in [3.8, 4) is 6.01 Å². The fourth-order valence-electron chi connectivity index (χ4n) is 3.32. The van der Waals surface area contributed by atoms with Crippen LogP contribution in [0.2, 0.25) is 0 Å². The van der Waals surface area contributed by atoms with Gasteiger partial charge in [0.05, 0.1) is 11.0 Å². The smallest absolute Gasteiger partial charge is 0.294 e. The van der Waals surface area contributed by atoms with Crippen molar-refractivity contribution in [2.24, 2.45) is 0 Å². The predicted molar refractivity (Wildman–Crippen MR) is 114 cm³/mol. The summed E-state index contributed by atoms with van der Waals surface area (Å²) in [5, 5.41) is 0. The highest BCUT2D eigenvalue weighted by Gasteiger charge is 2.22. The molecule has 3 aromatic rings. The summed E-state index contributed by atoms with van der Waals surface area (Å²) in [7, 11) is 0. The molecule has 154 valence electrons. The lowest BCUT2D eigenvalue weighted by molar-refractivity contribution is 0.158. The first-order valence-electron chi connectivity index (χ1n) is 9.01. The molecule has 0 unspecified atom stereocenters. The average molecular weight is 410 g/mol. The van der Waals surface area contributed by atoms with E-state index in [4.69, 9.17) is 4.74 Å². The number of imidazole rings is 1. The van der Waals surface area contributed by atoms with Gasteiger partial charge in [0.15, 0.2) is 0 Å². The lowest BCUT2D eigenvalue weighted by Crippen LogP contribution is -2.38. The molecular weight excluding hydrogens is 381 g/mol. The molecule has 1 aromatic heterocycles. The predicted octanol–water partition coefficient (Wildman–Crippen LogP) is 3.46. The van der Waals surface area contributed by atoms with Crippen LogP contribution in [0.15, 0.2) is 47.4 Å². The molecule has 0 saturated carbocycles. The molecule has 4 rings (SSSR count). The van der Waals surface area contributed by atoms with Gasteiger partial charge in [-0.25, -0.2) is 4.39 Å². The Labute approximate surface area is 169 Å². The first-order chi connectivity index (χ1) is 12.7. The topological polar surface area (TPSA) is 104 Å². The Morgan fingerprint density at radius 1 is 1.18 bits per heavy atom. The molecule has 1 aliphatic heterocycles. The molecule has 1 saturated heterocycles. The number of hydrogen-bond donors (Lipinski definition) is 1. The minimum Gasteiger partial charge on any atom is -0.461 e. The third-order valence-electron chi connectivity index (χ3n) is 4.65. The molecule has 0 aliphatic carbocycles. The summed E-state index contributed by atoms with van der Waals surface area (Å²) in [5.41, 5.74) is 3.01. The van der Waals surface area contributed by atoms with E-state index in [1.54, 1.807) is 0 Å². The van der Waals surface area contributed by atoms with Crippen LogP contribution >= 0.6 is 11.8 Å². The highest BCUT2D eigenvalue weighted by molar-refractivity contribution is 7.99. The second kappa shape index (κ2) is 9.77. The summed E-state index contributed by atoms with van der Waals surface area (Å²) < 4.78 is 19.1. The van der Waals surface area contributed by atoms with Crippen molar-refractivity contribution in [2.45, 2.75) is 30.8 Å². The number of aromatic nitrogens is 2. The molecule has 1 fully saturated rings. The zero-order chi connectivity index (χ0) is 17.9. The Bertz CT molecular complexity index is 886. The van der Waals surface area contributed by atoms with Crippen LogP contribution in [0.5, 0.6) is 6.01 Å². The van der Waals surface area contributed by atoms with Gasteiger partial charge in [0.25, 0.3) is 6.01 Å². The average Bonchev–Trinajstić information content (AvgIpc) is 3.05. The molecule has 2 heterocycles. The van der Waals surface area contributed by atoms with Gasteiger partial charge in [-0.3, -0.25) is 0 Å². The van der Waals surface area contributed by atoms with E-state index in [0.29, 0.717) is 6.01 Å². The van der Waals surface area contributed by atoms with Crippen LogP contribution in [0.25, 0.3) is 11.0 Å². The summed E-state index contributed by atoms with van der Waals surface area (Å²) in [5.74, 6) is 0.854. The number of piperidine rings is 1. The number of anilines is 1. The van der Waals surface area contributed by atoms with E-state index in [2.05, 4.69) is 33.9 Å². The number of fused-ring (bicyclic) bond motifs is 1. The Morgan fingerprint density at radius 2 is 1.89 bits per heavy atom. The summed E-state index contributed by atoms with van der Waals surface area (Å²) in [4.78, 5) is 11.4. The molecule has 8 heteroatoms. The van der Waals surface area contributed by atoms with Crippen LogP contribution < -0.4 is 9.64 Å². The quantitative estimate of drug-likeness (QED) is 0.652. The van der Waals surface area contributed by atoms with E-state index in [1.807, 2.05) is 30.0 Å². The number of nitrogens with one attached hydrogen (secondary N) is 1. The van der Waals surface area contributed by atoms with Gasteiger partial charge in [0, 0.05) is 37.9 Å². The number of benzene rings is 2. The number of thioether (sulfide) groups is 1. The van der Waals surface area contributed by atoms with Gasteiger partial charge in [-0.1, -0.05) is 6.92 Å². The van der Waals surface area contributed by atoms with Gasteiger partial charge >= 0.3 is 0 Å². The zero-order valence-corrected chi connectivity index (χ0v) is 16.6. The number of aromatic amines is 1. The minimum absolute atomic E-state index is 0. The molecule has 28 heavy (non-hydrogen) atoms. The molecule has 5 N–H and O–H groups in total. The van der Waals surface area contributed by atoms with Gasteiger partial charge in [-0.2, -0.15) is 4.98 Å². The molecule has 0 bridgehead atoms. The maximum absolute atomic E-state index is 13.1. The van der Waals surface area contributed by atoms with Gasteiger partial charge < -0.3 is 25.6 Å². The van der Waals surface area contributed by atoms with E-state index in [0.717, 1.165) is 48.4 Å². The van der Waals surface area contributed by atoms with Crippen molar-refractivity contribution < 1.29 is 21.5 Å². The second-order valence-electron chi connectivity index (χ2n) is 6.43. The minimum atomic E-state index is -0.197. The summed E-state index contributed by atoms with van der Waals surface area (Å²) >= 11 is 1.82. The van der Waals surface area contributed by atoms with Crippen LogP contribution in [-0.2, 0) is 0 Å². The van der Waals surface area contributed by atoms with Crippen molar-refractivity contribution in [1.29, 1.82) is 0 Å². The molecule has 0 radical (unpaired) electrons. The number of nitrogens with zero attached hydrogens (tertiary/aromatic N) is 2. The maximum atomic E-state index is 13.1. The Hall–Kier alpha value is -2.29. The van der Waals surface area contributed by atoms with Crippen LogP contribution in [-0.4, -0.2) is 45.9 Å². The number of halogens is 1. The lowest BCUT2D eigenvalue weighted by atomic mass is 10.1. The third kappa shape index (κ3) is 4.95. The van der Waals surface area contributed by atoms with Gasteiger partial charge in [-0.15, -0.1) is 11.8 Å². The van der Waals surface area contributed by atoms with Crippen LogP contribution in [0.3, 0.4) is 0 Å². The normalized spacial score (nSPS) is 14.4. The van der Waals surface area contributed by atoms with E-state index in [-0.39, 0.29) is 24.3 Å². The monoisotopic (exact) mass is 409 g/mol. The SMILES string of the molecule is CCSc1ccc2nc(OC3CCN(c4ccc(F)cc4)CC3)[nH]c2c1.O.O.[HH]. The third-order valence-corrected chi connectivity index (χ3v) is 5.53. The number of H-pyrrole nitrogens is 1. The molecule has 2 aromatic carbocycles. The number of hydrogen-bond acceptors (Lipinski definition) is 4. The molecule has 0 amide bonds. The van der Waals surface area contributed by atoms with E-state index >= 15 is 0 Å². The van der Waals surface area contributed by atoms with Gasteiger partial charge in [0.1, 0.15) is 11.9 Å². The van der Waals surface area contributed by atoms with E-state index in [1.165, 1.54) is 17.0 Å². The molecule has 1 aliphatic rings. The second-order valence-corrected chi connectivity index (χ2v) is 7.77. The van der Waals surface area contributed by atoms with Crippen molar-refractivity contribution in [3.05, 3.63) is 48.3 Å². The van der Waals surface area contributed by atoms with Crippen molar-refractivity contribution >= 4 is 28.5 Å². The van der Waals surface area contributed by atoms with Crippen molar-refractivity contribution in [1.82, 2.24) is 9.97 Å². The van der Waals surface area contributed by atoms with Gasteiger partial charge in [0.2, 0.25) is 0 Å². The summed E-state index contributed by atoms with van der Waals surface area (Å²) in [6.07, 6.45) is 1.99. The standard InChI is InChI=1S/C20H22FN3OS.2H2O.H2/c1-2-26-17-7-8-18-19(13-17)23-20(22-18)25-16-9-11-24(12-10-16)15-5-3-14(21)4-6-15;;;/h3-8,13,16H,2,9-12H2,1H3,(H,22,23);2*1H2;1H. The van der Waals surface area contributed by atoms with Crippen molar-refractivity contribution in [2.75, 3.05) is 23.7 Å². The Kier molecular flexibility index (Phi) is 7.68. The Morgan fingerprint density at radius 3 is 2.57 bits per heavy atom. The highest BCUT2D eigenvalue weighted by Crippen LogP contribution is 2.26. The zero-order valence-electron chi connectivity index (χ0n) is 15.7. The van der Waals surface area contributed by atoms with Crippen LogP contribution in [0, 0.1) is 5.82 Å². The van der Waals surface area contributed by atoms with E-state index in [9.17, 15) is 4.39 Å². The van der Waals surface area contributed by atoms with Crippen LogP contribution in [0.1, 0.15) is 21.2 Å². The lowest BCUT2D eigenvalue weighted by Gasteiger charge is -2.33. The molecule has 0 spiro atoms. The fourth-order valence-corrected chi connectivity index (χ4v) is 4.02. The van der Waals surface area contributed by atoms with Crippen molar-refractivity contribution in [3.63, 3.8) is 0 Å². The maximum Gasteiger partial charge on any atom is 0.294 e. The summed E-state index contributed by atoms with van der Waals surface area (Å²) in [6.45, 7) is 3.94. The van der Waals surface area contributed by atoms with Crippen LogP contribution in [0.4, 0.5) is 10.1 Å². The molecular formula is C20H28FN3O3S. The first-order valence-corrected chi connectivity index (χ1v) is 9.99. The number of ether oxygens (including phenoxy) is 1.